The molecular weight excluding hydrogens is 200 g/mol. The van der Waals surface area contributed by atoms with Crippen molar-refractivity contribution in [2.24, 2.45) is 0 Å². The summed E-state index contributed by atoms with van der Waals surface area (Å²) < 4.78 is 31.1. The van der Waals surface area contributed by atoms with Crippen LogP contribution >= 0.6 is 0 Å². The largest absolute Gasteiger partial charge is 0.489 e. The SMILES string of the molecule is Fc1ccc(F)c(OCC2CCCN2)c1. The molecule has 0 spiro atoms. The summed E-state index contributed by atoms with van der Waals surface area (Å²) in [4.78, 5) is 0. The van der Waals surface area contributed by atoms with E-state index in [1.165, 1.54) is 0 Å². The molecule has 1 N–H and O–H groups in total. The fourth-order valence-corrected chi connectivity index (χ4v) is 1.68. The quantitative estimate of drug-likeness (QED) is 0.830. The summed E-state index contributed by atoms with van der Waals surface area (Å²) >= 11 is 0. The summed E-state index contributed by atoms with van der Waals surface area (Å²) in [6.45, 7) is 1.36. The first-order chi connectivity index (χ1) is 7.25. The van der Waals surface area contributed by atoms with E-state index in [4.69, 9.17) is 4.74 Å². The van der Waals surface area contributed by atoms with E-state index in [-0.39, 0.29) is 11.8 Å². The highest BCUT2D eigenvalue weighted by Crippen LogP contribution is 2.18. The minimum Gasteiger partial charge on any atom is -0.489 e. The van der Waals surface area contributed by atoms with Crippen molar-refractivity contribution < 1.29 is 13.5 Å². The van der Waals surface area contributed by atoms with E-state index in [1.54, 1.807) is 0 Å². The predicted octanol–water partition coefficient (Wildman–Crippen LogP) is 2.10. The number of ether oxygens (including phenoxy) is 1. The molecule has 0 radical (unpaired) electrons. The Labute approximate surface area is 87.2 Å². The van der Waals surface area contributed by atoms with Gasteiger partial charge in [-0.25, -0.2) is 8.78 Å². The lowest BCUT2D eigenvalue weighted by Gasteiger charge is -2.12. The maximum absolute atomic E-state index is 13.1. The highest BCUT2D eigenvalue weighted by molar-refractivity contribution is 5.24. The van der Waals surface area contributed by atoms with Crippen LogP contribution in [-0.2, 0) is 0 Å². The van der Waals surface area contributed by atoms with Crippen molar-refractivity contribution in [3.63, 3.8) is 0 Å². The molecule has 1 aliphatic heterocycles. The van der Waals surface area contributed by atoms with Crippen molar-refractivity contribution in [2.45, 2.75) is 18.9 Å². The monoisotopic (exact) mass is 213 g/mol. The third-order valence-electron chi connectivity index (χ3n) is 2.50. The normalized spacial score (nSPS) is 20.5. The number of hydrogen-bond donors (Lipinski definition) is 1. The molecule has 1 unspecified atom stereocenters. The van der Waals surface area contributed by atoms with Crippen LogP contribution < -0.4 is 10.1 Å². The topological polar surface area (TPSA) is 21.3 Å². The van der Waals surface area contributed by atoms with E-state index in [0.29, 0.717) is 6.61 Å². The Morgan fingerprint density at radius 2 is 2.27 bits per heavy atom. The van der Waals surface area contributed by atoms with Crippen LogP contribution in [0.5, 0.6) is 5.75 Å². The summed E-state index contributed by atoms with van der Waals surface area (Å²) in [5.74, 6) is -1.01. The van der Waals surface area contributed by atoms with Crippen LogP contribution in [0, 0.1) is 11.6 Å². The minimum absolute atomic E-state index is 0.0105. The molecule has 1 atom stereocenters. The zero-order valence-corrected chi connectivity index (χ0v) is 8.30. The van der Waals surface area contributed by atoms with Crippen LogP contribution in [0.2, 0.25) is 0 Å². The van der Waals surface area contributed by atoms with Gasteiger partial charge in [0.2, 0.25) is 0 Å². The molecule has 1 heterocycles. The summed E-state index contributed by atoms with van der Waals surface area (Å²) in [5, 5.41) is 3.22. The van der Waals surface area contributed by atoms with E-state index < -0.39 is 11.6 Å². The highest BCUT2D eigenvalue weighted by Gasteiger charge is 2.15. The molecule has 2 nitrogen and oxygen atoms in total. The smallest absolute Gasteiger partial charge is 0.165 e. The van der Waals surface area contributed by atoms with Gasteiger partial charge in [-0.15, -0.1) is 0 Å². The first-order valence-electron chi connectivity index (χ1n) is 5.07. The van der Waals surface area contributed by atoms with Crippen LogP contribution in [0.1, 0.15) is 12.8 Å². The standard InChI is InChI=1S/C11H13F2NO/c12-8-3-4-10(13)11(6-8)15-7-9-2-1-5-14-9/h3-4,6,9,14H,1-2,5,7H2. The summed E-state index contributed by atoms with van der Waals surface area (Å²) in [6.07, 6.45) is 2.14. The molecule has 15 heavy (non-hydrogen) atoms. The zero-order valence-electron chi connectivity index (χ0n) is 8.30. The summed E-state index contributed by atoms with van der Waals surface area (Å²) in [7, 11) is 0. The van der Waals surface area contributed by atoms with Gasteiger partial charge < -0.3 is 10.1 Å². The molecule has 0 bridgehead atoms. The molecule has 0 aliphatic carbocycles. The van der Waals surface area contributed by atoms with Crippen molar-refractivity contribution in [3.8, 4) is 5.75 Å². The van der Waals surface area contributed by atoms with Gasteiger partial charge in [0.15, 0.2) is 11.6 Å². The van der Waals surface area contributed by atoms with Crippen molar-refractivity contribution in [3.05, 3.63) is 29.8 Å². The number of halogens is 2. The fourth-order valence-electron chi connectivity index (χ4n) is 1.68. The molecule has 0 saturated carbocycles. The zero-order chi connectivity index (χ0) is 10.7. The van der Waals surface area contributed by atoms with E-state index in [0.717, 1.165) is 37.6 Å². The van der Waals surface area contributed by atoms with Crippen LogP contribution in [0.3, 0.4) is 0 Å². The molecular formula is C11H13F2NO. The lowest BCUT2D eigenvalue weighted by Crippen LogP contribution is -2.28. The van der Waals surface area contributed by atoms with Crippen molar-refractivity contribution in [1.29, 1.82) is 0 Å². The predicted molar refractivity (Wildman–Crippen MR) is 52.9 cm³/mol. The van der Waals surface area contributed by atoms with E-state index in [1.807, 2.05) is 0 Å². The molecule has 4 heteroatoms. The number of benzene rings is 1. The van der Waals surface area contributed by atoms with Gasteiger partial charge in [0.05, 0.1) is 0 Å². The fraction of sp³-hybridized carbons (Fsp3) is 0.455. The van der Waals surface area contributed by atoms with E-state index >= 15 is 0 Å². The highest BCUT2D eigenvalue weighted by atomic mass is 19.1. The molecule has 0 amide bonds. The van der Waals surface area contributed by atoms with Crippen molar-refractivity contribution in [1.82, 2.24) is 5.32 Å². The maximum atomic E-state index is 13.1. The molecule has 1 fully saturated rings. The Morgan fingerprint density at radius 1 is 1.40 bits per heavy atom. The lowest BCUT2D eigenvalue weighted by atomic mass is 10.2. The van der Waals surface area contributed by atoms with Crippen LogP contribution in [0.15, 0.2) is 18.2 Å². The number of rotatable bonds is 3. The van der Waals surface area contributed by atoms with Gasteiger partial charge in [-0.3, -0.25) is 0 Å². The van der Waals surface area contributed by atoms with Crippen molar-refractivity contribution >= 4 is 0 Å². The van der Waals surface area contributed by atoms with Gasteiger partial charge in [0.25, 0.3) is 0 Å². The lowest BCUT2D eigenvalue weighted by molar-refractivity contribution is 0.264. The van der Waals surface area contributed by atoms with Gasteiger partial charge in [-0.2, -0.15) is 0 Å². The van der Waals surface area contributed by atoms with Crippen LogP contribution in [-0.4, -0.2) is 19.2 Å². The molecule has 0 aromatic heterocycles. The van der Waals surface area contributed by atoms with Gasteiger partial charge in [0.1, 0.15) is 12.4 Å². The Morgan fingerprint density at radius 3 is 3.00 bits per heavy atom. The Bertz CT molecular complexity index is 337. The summed E-state index contributed by atoms with van der Waals surface area (Å²) in [5.41, 5.74) is 0. The average Bonchev–Trinajstić information content (AvgIpc) is 2.72. The molecule has 1 aromatic rings. The second kappa shape index (κ2) is 4.57. The summed E-state index contributed by atoms with van der Waals surface area (Å²) in [6, 6.07) is 3.49. The number of nitrogens with one attached hydrogen (secondary N) is 1. The van der Waals surface area contributed by atoms with Crippen LogP contribution in [0.25, 0.3) is 0 Å². The first kappa shape index (κ1) is 10.4. The Hall–Kier alpha value is -1.16. The van der Waals surface area contributed by atoms with Gasteiger partial charge in [0, 0.05) is 12.1 Å². The first-order valence-corrected chi connectivity index (χ1v) is 5.07. The molecule has 1 aliphatic rings. The molecule has 82 valence electrons. The second-order valence-electron chi connectivity index (χ2n) is 3.68. The average molecular weight is 213 g/mol. The van der Waals surface area contributed by atoms with Gasteiger partial charge >= 0.3 is 0 Å². The maximum Gasteiger partial charge on any atom is 0.165 e. The van der Waals surface area contributed by atoms with Crippen LogP contribution in [0.4, 0.5) is 8.78 Å². The third-order valence-corrected chi connectivity index (χ3v) is 2.50. The van der Waals surface area contributed by atoms with Crippen molar-refractivity contribution in [2.75, 3.05) is 13.2 Å². The third kappa shape index (κ3) is 2.65. The molecule has 1 saturated heterocycles. The van der Waals surface area contributed by atoms with Gasteiger partial charge in [-0.05, 0) is 31.5 Å². The van der Waals surface area contributed by atoms with E-state index in [9.17, 15) is 8.78 Å². The van der Waals surface area contributed by atoms with Gasteiger partial charge in [-0.1, -0.05) is 0 Å². The number of hydrogen-bond acceptors (Lipinski definition) is 2. The minimum atomic E-state index is -0.519. The Kier molecular flexibility index (Phi) is 3.16. The molecule has 1 aromatic carbocycles. The molecule has 2 rings (SSSR count). The van der Waals surface area contributed by atoms with E-state index in [2.05, 4.69) is 5.32 Å². The second-order valence-corrected chi connectivity index (χ2v) is 3.68. The Balaban J connectivity index is 1.94.